The van der Waals surface area contributed by atoms with E-state index in [-0.39, 0.29) is 16.6 Å². The van der Waals surface area contributed by atoms with Crippen molar-refractivity contribution < 1.29 is 17.5 Å². The Labute approximate surface area is 179 Å². The zero-order valence-electron chi connectivity index (χ0n) is 16.5. The molecule has 0 N–H and O–H groups in total. The van der Waals surface area contributed by atoms with Gasteiger partial charge in [0.2, 0.25) is 10.0 Å². The van der Waals surface area contributed by atoms with E-state index in [9.17, 15) is 12.8 Å². The van der Waals surface area contributed by atoms with Crippen LogP contribution in [0.15, 0.2) is 53.4 Å². The summed E-state index contributed by atoms with van der Waals surface area (Å²) in [7, 11) is -2.51. The number of sulfonamides is 1. The molecule has 2 aromatic carbocycles. The molecule has 2 heterocycles. The Hall–Kier alpha value is -2.36. The Morgan fingerprint density at radius 3 is 2.77 bits per heavy atom. The van der Waals surface area contributed by atoms with Gasteiger partial charge in [0.05, 0.1) is 7.11 Å². The molecule has 0 saturated carbocycles. The van der Waals surface area contributed by atoms with Gasteiger partial charge in [-0.25, -0.2) is 12.8 Å². The molecule has 0 radical (unpaired) electrons. The molecule has 30 heavy (non-hydrogen) atoms. The molecule has 1 atom stereocenters. The average Bonchev–Trinajstić information content (AvgIpc) is 3.23. The van der Waals surface area contributed by atoms with Crippen LogP contribution in [-0.2, 0) is 16.4 Å². The maximum atomic E-state index is 13.7. The highest BCUT2D eigenvalue weighted by molar-refractivity contribution is 7.89. The molecule has 0 bridgehead atoms. The van der Waals surface area contributed by atoms with Crippen LogP contribution in [0.25, 0.3) is 0 Å². The maximum absolute atomic E-state index is 13.7. The Kier molecular flexibility index (Phi) is 6.12. The number of methoxy groups -OCH3 is 1. The molecule has 158 valence electrons. The van der Waals surface area contributed by atoms with Crippen LogP contribution in [0.4, 0.5) is 4.39 Å². The van der Waals surface area contributed by atoms with Gasteiger partial charge in [0.25, 0.3) is 0 Å². The molecule has 6 nitrogen and oxygen atoms in total. The minimum atomic E-state index is -3.89. The van der Waals surface area contributed by atoms with Gasteiger partial charge in [0, 0.05) is 25.4 Å². The molecule has 1 aliphatic rings. The molecule has 9 heteroatoms. The average molecular weight is 448 g/mol. The summed E-state index contributed by atoms with van der Waals surface area (Å²) in [5, 5.41) is 10.4. The minimum absolute atomic E-state index is 0.0323. The van der Waals surface area contributed by atoms with Crippen molar-refractivity contribution in [3.05, 3.63) is 69.9 Å². The topological polar surface area (TPSA) is 72.4 Å². The molecule has 1 saturated heterocycles. The standard InChI is InChI=1S/C21H22FN3O3S2/c1-28-18-10-9-17(22)13-19(18)30(26,27)25-11-5-8-16(14-25)21-24-23-20(29-21)12-15-6-3-2-4-7-15/h2-4,6-7,9-10,13,16H,5,8,11-12,14H2,1H3/t16-/m0/s1. The lowest BCUT2D eigenvalue weighted by atomic mass is 10.0. The minimum Gasteiger partial charge on any atom is -0.495 e. The van der Waals surface area contributed by atoms with E-state index in [1.54, 1.807) is 0 Å². The van der Waals surface area contributed by atoms with E-state index < -0.39 is 15.8 Å². The first-order chi connectivity index (χ1) is 14.5. The maximum Gasteiger partial charge on any atom is 0.246 e. The summed E-state index contributed by atoms with van der Waals surface area (Å²) >= 11 is 1.52. The number of halogens is 1. The number of hydrogen-bond donors (Lipinski definition) is 0. The summed E-state index contributed by atoms with van der Waals surface area (Å²) in [4.78, 5) is -0.146. The van der Waals surface area contributed by atoms with Gasteiger partial charge in [0.15, 0.2) is 0 Å². The molecule has 3 aromatic rings. The second kappa shape index (κ2) is 8.79. The zero-order chi connectivity index (χ0) is 21.1. The summed E-state index contributed by atoms with van der Waals surface area (Å²) in [6.45, 7) is 0.677. The van der Waals surface area contributed by atoms with Crippen molar-refractivity contribution in [2.45, 2.75) is 30.1 Å². The van der Waals surface area contributed by atoms with Crippen LogP contribution in [0.5, 0.6) is 5.75 Å². The Morgan fingerprint density at radius 2 is 2.00 bits per heavy atom. The van der Waals surface area contributed by atoms with Crippen LogP contribution < -0.4 is 4.74 Å². The van der Waals surface area contributed by atoms with Crippen molar-refractivity contribution >= 4 is 21.4 Å². The Morgan fingerprint density at radius 1 is 1.20 bits per heavy atom. The highest BCUT2D eigenvalue weighted by Gasteiger charge is 2.34. The first-order valence-electron chi connectivity index (χ1n) is 9.67. The lowest BCUT2D eigenvalue weighted by Gasteiger charge is -2.31. The molecular formula is C21H22FN3O3S2. The van der Waals surface area contributed by atoms with E-state index in [0.29, 0.717) is 25.9 Å². The third-order valence-electron chi connectivity index (χ3n) is 5.16. The highest BCUT2D eigenvalue weighted by Crippen LogP contribution is 2.34. The zero-order valence-corrected chi connectivity index (χ0v) is 18.1. The number of benzene rings is 2. The van der Waals surface area contributed by atoms with E-state index in [0.717, 1.165) is 28.1 Å². The second-order valence-corrected chi connectivity index (χ2v) is 10.2. The SMILES string of the molecule is COc1ccc(F)cc1S(=O)(=O)N1CCC[C@H](c2nnc(Cc3ccccc3)s2)C1. The van der Waals surface area contributed by atoms with Crippen molar-refractivity contribution in [3.63, 3.8) is 0 Å². The van der Waals surface area contributed by atoms with Gasteiger partial charge in [-0.05, 0) is 36.6 Å². The van der Waals surface area contributed by atoms with Gasteiger partial charge in [-0.15, -0.1) is 21.5 Å². The van der Waals surface area contributed by atoms with Gasteiger partial charge in [0.1, 0.15) is 26.5 Å². The van der Waals surface area contributed by atoms with E-state index in [1.165, 1.54) is 34.9 Å². The second-order valence-electron chi connectivity index (χ2n) is 7.19. The number of aromatic nitrogens is 2. The predicted octanol–water partition coefficient (Wildman–Crippen LogP) is 3.84. The van der Waals surface area contributed by atoms with Gasteiger partial charge in [-0.2, -0.15) is 4.31 Å². The molecule has 0 spiro atoms. The number of rotatable bonds is 6. The van der Waals surface area contributed by atoms with Crippen molar-refractivity contribution in [2.24, 2.45) is 0 Å². The van der Waals surface area contributed by atoms with Crippen LogP contribution in [-0.4, -0.2) is 43.1 Å². The van der Waals surface area contributed by atoms with Crippen LogP contribution >= 0.6 is 11.3 Å². The normalized spacial score (nSPS) is 17.7. The van der Waals surface area contributed by atoms with E-state index in [2.05, 4.69) is 10.2 Å². The predicted molar refractivity (Wildman–Crippen MR) is 113 cm³/mol. The lowest BCUT2D eigenvalue weighted by molar-refractivity contribution is 0.312. The smallest absolute Gasteiger partial charge is 0.246 e. The highest BCUT2D eigenvalue weighted by atomic mass is 32.2. The molecule has 4 rings (SSSR count). The summed E-state index contributed by atoms with van der Waals surface area (Å²) in [5.41, 5.74) is 1.16. The molecular weight excluding hydrogens is 425 g/mol. The number of piperidine rings is 1. The van der Waals surface area contributed by atoms with Crippen LogP contribution in [0.3, 0.4) is 0 Å². The van der Waals surface area contributed by atoms with E-state index in [1.807, 2.05) is 30.3 Å². The van der Waals surface area contributed by atoms with Crippen LogP contribution in [0, 0.1) is 5.82 Å². The number of hydrogen-bond acceptors (Lipinski definition) is 6. The molecule has 0 amide bonds. The van der Waals surface area contributed by atoms with E-state index in [4.69, 9.17) is 4.74 Å². The lowest BCUT2D eigenvalue weighted by Crippen LogP contribution is -2.39. The Balaban J connectivity index is 1.53. The first-order valence-corrected chi connectivity index (χ1v) is 11.9. The molecule has 0 aliphatic carbocycles. The molecule has 1 fully saturated rings. The van der Waals surface area contributed by atoms with Gasteiger partial charge in [-0.3, -0.25) is 0 Å². The van der Waals surface area contributed by atoms with Crippen LogP contribution in [0.1, 0.15) is 34.3 Å². The largest absolute Gasteiger partial charge is 0.495 e. The monoisotopic (exact) mass is 447 g/mol. The number of ether oxygens (including phenoxy) is 1. The fourth-order valence-electron chi connectivity index (χ4n) is 3.63. The molecule has 1 aliphatic heterocycles. The van der Waals surface area contributed by atoms with Crippen molar-refractivity contribution in [1.82, 2.24) is 14.5 Å². The summed E-state index contributed by atoms with van der Waals surface area (Å²) < 4.78 is 46.7. The van der Waals surface area contributed by atoms with Crippen molar-refractivity contribution in [1.29, 1.82) is 0 Å². The quantitative estimate of drug-likeness (QED) is 0.574. The summed E-state index contributed by atoms with van der Waals surface area (Å²) in [6, 6.07) is 13.6. The third kappa shape index (κ3) is 4.38. The van der Waals surface area contributed by atoms with E-state index >= 15 is 0 Å². The van der Waals surface area contributed by atoms with Gasteiger partial charge in [-0.1, -0.05) is 30.3 Å². The van der Waals surface area contributed by atoms with Crippen molar-refractivity contribution in [3.8, 4) is 5.75 Å². The molecule has 0 unspecified atom stereocenters. The first kappa shape index (κ1) is 20.9. The fraction of sp³-hybridized carbons (Fsp3) is 0.333. The van der Waals surface area contributed by atoms with Crippen molar-refractivity contribution in [2.75, 3.05) is 20.2 Å². The summed E-state index contributed by atoms with van der Waals surface area (Å²) in [5.74, 6) is -0.507. The van der Waals surface area contributed by atoms with Crippen LogP contribution in [0.2, 0.25) is 0 Å². The summed E-state index contributed by atoms with van der Waals surface area (Å²) in [6.07, 6.45) is 2.25. The van der Waals surface area contributed by atoms with Gasteiger partial charge >= 0.3 is 0 Å². The fourth-order valence-corrected chi connectivity index (χ4v) is 6.32. The Bertz CT molecular complexity index is 1120. The van der Waals surface area contributed by atoms with Gasteiger partial charge < -0.3 is 4.74 Å². The molecule has 1 aromatic heterocycles. The third-order valence-corrected chi connectivity index (χ3v) is 8.13. The number of nitrogens with zero attached hydrogens (tertiary/aromatic N) is 3.